The quantitative estimate of drug-likeness (QED) is 0.324. The molecule has 2 rings (SSSR count). The summed E-state index contributed by atoms with van der Waals surface area (Å²) in [4.78, 5) is 12.3. The van der Waals surface area contributed by atoms with Crippen molar-refractivity contribution >= 4 is 5.78 Å². The molecule has 0 spiro atoms. The van der Waals surface area contributed by atoms with E-state index in [-0.39, 0.29) is 16.9 Å². The fraction of sp³-hybridized carbons (Fsp3) is 0.0714. The van der Waals surface area contributed by atoms with Crippen LogP contribution in [-0.4, -0.2) is 31.3 Å². The van der Waals surface area contributed by atoms with Crippen molar-refractivity contribution in [3.8, 4) is 28.7 Å². The number of ketones is 1. The third kappa shape index (κ3) is 1.87. The summed E-state index contributed by atoms with van der Waals surface area (Å²) < 4.78 is 0. The Kier molecular flexibility index (Phi) is 3.15. The van der Waals surface area contributed by atoms with Crippen LogP contribution in [0.3, 0.4) is 0 Å². The molecule has 0 bridgehead atoms. The van der Waals surface area contributed by atoms with E-state index in [4.69, 9.17) is 0 Å². The number of phenols is 5. The molecule has 6 heteroatoms. The maximum atomic E-state index is 12.3. The second-order valence-electron chi connectivity index (χ2n) is 4.24. The summed E-state index contributed by atoms with van der Waals surface area (Å²) >= 11 is 0. The predicted octanol–water partition coefficient (Wildman–Crippen LogP) is 1.75. The summed E-state index contributed by atoms with van der Waals surface area (Å²) in [7, 11) is 0. The minimum Gasteiger partial charge on any atom is -0.507 e. The molecule has 0 fully saturated rings. The first-order valence-corrected chi connectivity index (χ1v) is 5.65. The summed E-state index contributed by atoms with van der Waals surface area (Å²) in [6.07, 6.45) is 0. The van der Waals surface area contributed by atoms with Gasteiger partial charge in [0.25, 0.3) is 0 Å². The van der Waals surface area contributed by atoms with Crippen LogP contribution in [0.25, 0.3) is 0 Å². The minimum atomic E-state index is -0.946. The van der Waals surface area contributed by atoms with Crippen molar-refractivity contribution in [3.05, 3.63) is 41.0 Å². The molecule has 0 aliphatic rings. The Morgan fingerprint density at radius 3 is 2.05 bits per heavy atom. The molecule has 0 amide bonds. The number of aromatic hydroxyl groups is 5. The number of carbonyl (C=O) groups is 1. The molecule has 0 aliphatic heterocycles. The van der Waals surface area contributed by atoms with Crippen LogP contribution in [0.1, 0.15) is 21.5 Å². The first-order valence-electron chi connectivity index (χ1n) is 5.65. The van der Waals surface area contributed by atoms with Crippen molar-refractivity contribution in [1.82, 2.24) is 0 Å². The van der Waals surface area contributed by atoms with Crippen molar-refractivity contribution in [2.75, 3.05) is 0 Å². The fourth-order valence-electron chi connectivity index (χ4n) is 1.84. The summed E-state index contributed by atoms with van der Waals surface area (Å²) in [5.74, 6) is -4.43. The number of para-hydroxylation sites is 1. The second kappa shape index (κ2) is 4.65. The largest absolute Gasteiger partial charge is 0.507 e. The van der Waals surface area contributed by atoms with Crippen LogP contribution >= 0.6 is 0 Å². The van der Waals surface area contributed by atoms with Crippen molar-refractivity contribution in [2.24, 2.45) is 0 Å². The normalized spacial score (nSPS) is 10.4. The second-order valence-corrected chi connectivity index (χ2v) is 4.24. The van der Waals surface area contributed by atoms with Gasteiger partial charge in [0, 0.05) is 5.56 Å². The number of benzene rings is 2. The van der Waals surface area contributed by atoms with Crippen molar-refractivity contribution in [2.45, 2.75) is 6.92 Å². The number of rotatable bonds is 2. The van der Waals surface area contributed by atoms with Gasteiger partial charge in [0.1, 0.15) is 17.1 Å². The number of hydrogen-bond acceptors (Lipinski definition) is 6. The standard InChI is InChI=1S/C14H12O6/c1-6-10(16)9(13(19)14(20)11(6)17)12(18)7-4-2-3-5-8(7)15/h2-5,15-17,19-20H,1H3. The van der Waals surface area contributed by atoms with E-state index < -0.39 is 34.3 Å². The highest BCUT2D eigenvalue weighted by Gasteiger charge is 2.27. The van der Waals surface area contributed by atoms with Crippen LogP contribution in [-0.2, 0) is 0 Å². The Morgan fingerprint density at radius 2 is 1.45 bits per heavy atom. The molecule has 0 saturated heterocycles. The van der Waals surface area contributed by atoms with Crippen LogP contribution in [0, 0.1) is 6.92 Å². The SMILES string of the molecule is Cc1c(O)c(O)c(O)c(C(=O)c2ccccc2O)c1O. The lowest BCUT2D eigenvalue weighted by Gasteiger charge is -2.13. The van der Waals surface area contributed by atoms with Gasteiger partial charge in [-0.3, -0.25) is 4.79 Å². The van der Waals surface area contributed by atoms with E-state index in [1.54, 1.807) is 0 Å². The third-order valence-corrected chi connectivity index (χ3v) is 3.01. The van der Waals surface area contributed by atoms with Gasteiger partial charge in [-0.2, -0.15) is 0 Å². The lowest BCUT2D eigenvalue weighted by atomic mass is 9.97. The maximum absolute atomic E-state index is 12.3. The molecule has 2 aromatic rings. The highest BCUT2D eigenvalue weighted by atomic mass is 16.3. The Morgan fingerprint density at radius 1 is 0.850 bits per heavy atom. The van der Waals surface area contributed by atoms with E-state index >= 15 is 0 Å². The van der Waals surface area contributed by atoms with Crippen molar-refractivity contribution < 1.29 is 30.3 Å². The van der Waals surface area contributed by atoms with Crippen LogP contribution in [0.4, 0.5) is 0 Å². The van der Waals surface area contributed by atoms with Crippen LogP contribution in [0.15, 0.2) is 24.3 Å². The molecular formula is C14H12O6. The van der Waals surface area contributed by atoms with Crippen LogP contribution < -0.4 is 0 Å². The number of phenolic OH excluding ortho intramolecular Hbond substituents is 5. The summed E-state index contributed by atoms with van der Waals surface area (Å²) in [6, 6.07) is 5.57. The van der Waals surface area contributed by atoms with E-state index in [2.05, 4.69) is 0 Å². The molecule has 104 valence electrons. The lowest BCUT2D eigenvalue weighted by Crippen LogP contribution is -2.04. The molecule has 2 aromatic carbocycles. The molecule has 0 heterocycles. The lowest BCUT2D eigenvalue weighted by molar-refractivity contribution is 0.103. The van der Waals surface area contributed by atoms with Gasteiger partial charge in [-0.05, 0) is 19.1 Å². The number of carbonyl (C=O) groups excluding carboxylic acids is 1. The molecule has 6 nitrogen and oxygen atoms in total. The minimum absolute atomic E-state index is 0.150. The third-order valence-electron chi connectivity index (χ3n) is 3.01. The van der Waals surface area contributed by atoms with Crippen molar-refractivity contribution in [3.63, 3.8) is 0 Å². The van der Waals surface area contributed by atoms with E-state index in [0.29, 0.717) is 0 Å². The molecule has 0 aromatic heterocycles. The van der Waals surface area contributed by atoms with E-state index in [1.807, 2.05) is 0 Å². The highest BCUT2D eigenvalue weighted by molar-refractivity contribution is 6.14. The fourth-order valence-corrected chi connectivity index (χ4v) is 1.84. The van der Waals surface area contributed by atoms with Gasteiger partial charge < -0.3 is 25.5 Å². The van der Waals surface area contributed by atoms with E-state index in [0.717, 1.165) is 0 Å². The van der Waals surface area contributed by atoms with Crippen LogP contribution in [0.5, 0.6) is 28.7 Å². The molecule has 0 unspecified atom stereocenters. The van der Waals surface area contributed by atoms with E-state index in [1.165, 1.54) is 31.2 Å². The van der Waals surface area contributed by atoms with Gasteiger partial charge in [0.05, 0.1) is 5.56 Å². The van der Waals surface area contributed by atoms with Gasteiger partial charge in [0.15, 0.2) is 11.5 Å². The van der Waals surface area contributed by atoms with Crippen LogP contribution in [0.2, 0.25) is 0 Å². The molecule has 20 heavy (non-hydrogen) atoms. The Balaban J connectivity index is 2.71. The van der Waals surface area contributed by atoms with Gasteiger partial charge in [-0.1, -0.05) is 12.1 Å². The zero-order chi connectivity index (χ0) is 15.0. The Hall–Kier alpha value is -2.89. The zero-order valence-corrected chi connectivity index (χ0v) is 10.5. The maximum Gasteiger partial charge on any atom is 0.204 e. The molecule has 0 saturated carbocycles. The molecular weight excluding hydrogens is 264 g/mol. The topological polar surface area (TPSA) is 118 Å². The first kappa shape index (κ1) is 13.5. The molecule has 0 radical (unpaired) electrons. The zero-order valence-electron chi connectivity index (χ0n) is 10.5. The number of hydrogen-bond donors (Lipinski definition) is 5. The van der Waals surface area contributed by atoms with Crippen molar-refractivity contribution in [1.29, 1.82) is 0 Å². The summed E-state index contributed by atoms with van der Waals surface area (Å²) in [5, 5.41) is 48.2. The van der Waals surface area contributed by atoms with Gasteiger partial charge in [0.2, 0.25) is 11.5 Å². The smallest absolute Gasteiger partial charge is 0.204 e. The van der Waals surface area contributed by atoms with Gasteiger partial charge in [-0.25, -0.2) is 0 Å². The summed E-state index contributed by atoms with van der Waals surface area (Å²) in [5.41, 5.74) is -0.888. The average molecular weight is 276 g/mol. The highest BCUT2D eigenvalue weighted by Crippen LogP contribution is 2.47. The average Bonchev–Trinajstić information content (AvgIpc) is 2.43. The molecule has 5 N–H and O–H groups in total. The van der Waals surface area contributed by atoms with E-state index in [9.17, 15) is 30.3 Å². The summed E-state index contributed by atoms with van der Waals surface area (Å²) in [6.45, 7) is 1.27. The molecule has 0 atom stereocenters. The monoisotopic (exact) mass is 276 g/mol. The Labute approximate surface area is 113 Å². The Bertz CT molecular complexity index is 676. The van der Waals surface area contributed by atoms with Gasteiger partial charge in [-0.15, -0.1) is 0 Å². The molecule has 0 aliphatic carbocycles. The first-order chi connectivity index (χ1) is 9.36. The predicted molar refractivity (Wildman–Crippen MR) is 69.4 cm³/mol. The van der Waals surface area contributed by atoms with Gasteiger partial charge >= 0.3 is 0 Å².